The second kappa shape index (κ2) is 7.43. The first kappa shape index (κ1) is 16.5. The van der Waals surface area contributed by atoms with Crippen molar-refractivity contribution in [2.45, 2.75) is 20.0 Å². The van der Waals surface area contributed by atoms with Crippen molar-refractivity contribution in [3.8, 4) is 0 Å². The molecule has 0 radical (unpaired) electrons. The van der Waals surface area contributed by atoms with Gasteiger partial charge in [0.25, 0.3) is 0 Å². The molecule has 0 aliphatic rings. The number of ketones is 1. The van der Waals surface area contributed by atoms with Crippen LogP contribution in [-0.4, -0.2) is 29.4 Å². The molecule has 0 saturated carbocycles. The number of hydrogen-bond donors (Lipinski definition) is 2. The smallest absolute Gasteiger partial charge is 0.195 e. The molecule has 0 amide bonds. The largest absolute Gasteiger partial charge is 0.390 e. The van der Waals surface area contributed by atoms with Gasteiger partial charge in [0.15, 0.2) is 5.78 Å². The van der Waals surface area contributed by atoms with Crippen molar-refractivity contribution >= 4 is 23.1 Å². The third kappa shape index (κ3) is 4.09. The first-order valence-corrected chi connectivity index (χ1v) is 7.74. The molecule has 2 aromatic rings. The van der Waals surface area contributed by atoms with E-state index >= 15 is 0 Å². The number of anilines is 1. The Labute approximate surface area is 135 Å². The summed E-state index contributed by atoms with van der Waals surface area (Å²) in [6.45, 7) is 4.26. The normalized spacial score (nSPS) is 12.0. The van der Waals surface area contributed by atoms with E-state index in [-0.39, 0.29) is 11.7 Å². The Kier molecular flexibility index (Phi) is 5.58. The minimum Gasteiger partial charge on any atom is -0.390 e. The summed E-state index contributed by atoms with van der Waals surface area (Å²) in [5, 5.41) is 12.6. The van der Waals surface area contributed by atoms with Crippen molar-refractivity contribution in [2.24, 2.45) is 0 Å². The predicted octanol–water partition coefficient (Wildman–Crippen LogP) is 3.55. The van der Waals surface area contributed by atoms with Gasteiger partial charge in [-0.3, -0.25) is 4.79 Å². The molecule has 4 heteroatoms. The molecule has 2 rings (SSSR count). The van der Waals surface area contributed by atoms with Crippen LogP contribution in [0.3, 0.4) is 0 Å². The SMILES string of the molecule is Cc1cc(C)cc(C(=O)c2ccccc2NCC(O)CCl)c1. The van der Waals surface area contributed by atoms with Crippen LogP contribution in [0.25, 0.3) is 0 Å². The van der Waals surface area contributed by atoms with Crippen LogP contribution < -0.4 is 5.32 Å². The summed E-state index contributed by atoms with van der Waals surface area (Å²) in [6.07, 6.45) is -0.647. The van der Waals surface area contributed by atoms with Gasteiger partial charge < -0.3 is 10.4 Å². The van der Waals surface area contributed by atoms with E-state index in [1.165, 1.54) is 0 Å². The third-order valence-electron chi connectivity index (χ3n) is 3.36. The van der Waals surface area contributed by atoms with Gasteiger partial charge in [-0.15, -0.1) is 11.6 Å². The van der Waals surface area contributed by atoms with Gasteiger partial charge >= 0.3 is 0 Å². The van der Waals surface area contributed by atoms with Crippen LogP contribution in [0.2, 0.25) is 0 Å². The van der Waals surface area contributed by atoms with E-state index in [1.54, 1.807) is 6.07 Å². The lowest BCUT2D eigenvalue weighted by Gasteiger charge is -2.14. The molecule has 0 aliphatic heterocycles. The Bertz CT molecular complexity index is 650. The van der Waals surface area contributed by atoms with Gasteiger partial charge in [0.2, 0.25) is 0 Å². The van der Waals surface area contributed by atoms with Crippen molar-refractivity contribution in [2.75, 3.05) is 17.7 Å². The summed E-state index contributed by atoms with van der Waals surface area (Å²) in [6, 6.07) is 13.1. The third-order valence-corrected chi connectivity index (χ3v) is 3.72. The van der Waals surface area contributed by atoms with Crippen molar-refractivity contribution in [1.82, 2.24) is 0 Å². The number of carbonyl (C=O) groups is 1. The summed E-state index contributed by atoms with van der Waals surface area (Å²) >= 11 is 5.59. The number of benzene rings is 2. The van der Waals surface area contributed by atoms with Crippen molar-refractivity contribution in [3.05, 3.63) is 64.7 Å². The van der Waals surface area contributed by atoms with Crippen LogP contribution in [-0.2, 0) is 0 Å². The first-order valence-electron chi connectivity index (χ1n) is 7.21. The van der Waals surface area contributed by atoms with E-state index < -0.39 is 6.10 Å². The van der Waals surface area contributed by atoms with Gasteiger partial charge in [-0.25, -0.2) is 0 Å². The summed E-state index contributed by atoms with van der Waals surface area (Å²) in [4.78, 5) is 12.8. The zero-order valence-electron chi connectivity index (χ0n) is 12.8. The number of aryl methyl sites for hydroxylation is 2. The quantitative estimate of drug-likeness (QED) is 0.633. The van der Waals surface area contributed by atoms with E-state index in [9.17, 15) is 9.90 Å². The molecule has 116 valence electrons. The lowest BCUT2D eigenvalue weighted by atomic mass is 9.98. The Morgan fingerprint density at radius 1 is 1.18 bits per heavy atom. The Balaban J connectivity index is 2.29. The van der Waals surface area contributed by atoms with E-state index in [1.807, 2.05) is 50.2 Å². The van der Waals surface area contributed by atoms with Crippen LogP contribution >= 0.6 is 11.6 Å². The highest BCUT2D eigenvalue weighted by molar-refractivity contribution is 6.18. The van der Waals surface area contributed by atoms with E-state index in [4.69, 9.17) is 11.6 Å². The van der Waals surface area contributed by atoms with Crippen LogP contribution in [0.1, 0.15) is 27.0 Å². The topological polar surface area (TPSA) is 49.3 Å². The number of hydrogen-bond acceptors (Lipinski definition) is 3. The van der Waals surface area contributed by atoms with Crippen molar-refractivity contribution < 1.29 is 9.90 Å². The minimum absolute atomic E-state index is 0.0322. The van der Waals surface area contributed by atoms with Crippen molar-refractivity contribution in [1.29, 1.82) is 0 Å². The summed E-state index contributed by atoms with van der Waals surface area (Å²) < 4.78 is 0. The Hall–Kier alpha value is -1.84. The number of aliphatic hydroxyl groups is 1. The molecule has 0 fully saturated rings. The summed E-state index contributed by atoms with van der Waals surface area (Å²) in [7, 11) is 0. The second-order valence-electron chi connectivity index (χ2n) is 5.44. The van der Waals surface area contributed by atoms with Gasteiger partial charge in [-0.2, -0.15) is 0 Å². The average Bonchev–Trinajstić information content (AvgIpc) is 2.51. The summed E-state index contributed by atoms with van der Waals surface area (Å²) in [5.41, 5.74) is 4.09. The molecular formula is C18H20ClNO2. The Morgan fingerprint density at radius 2 is 1.82 bits per heavy atom. The van der Waals surface area contributed by atoms with Crippen LogP contribution in [0.15, 0.2) is 42.5 Å². The number of rotatable bonds is 6. The monoisotopic (exact) mass is 317 g/mol. The highest BCUT2D eigenvalue weighted by atomic mass is 35.5. The standard InChI is InChI=1S/C18H20ClNO2/c1-12-7-13(2)9-14(8-12)18(22)16-5-3-4-6-17(16)20-11-15(21)10-19/h3-9,15,20-21H,10-11H2,1-2H3. The first-order chi connectivity index (χ1) is 10.5. The molecule has 0 aromatic heterocycles. The molecule has 2 aromatic carbocycles. The zero-order chi connectivity index (χ0) is 16.1. The highest BCUT2D eigenvalue weighted by Crippen LogP contribution is 2.21. The molecular weight excluding hydrogens is 298 g/mol. The molecule has 22 heavy (non-hydrogen) atoms. The molecule has 0 bridgehead atoms. The number of nitrogens with one attached hydrogen (secondary N) is 1. The minimum atomic E-state index is -0.647. The fourth-order valence-electron chi connectivity index (χ4n) is 2.38. The maximum absolute atomic E-state index is 12.8. The molecule has 1 unspecified atom stereocenters. The zero-order valence-corrected chi connectivity index (χ0v) is 13.5. The molecule has 3 nitrogen and oxygen atoms in total. The van der Waals surface area contributed by atoms with E-state index in [0.29, 0.717) is 23.4 Å². The number of aliphatic hydroxyl groups excluding tert-OH is 1. The van der Waals surface area contributed by atoms with E-state index in [2.05, 4.69) is 5.32 Å². The number of halogens is 1. The van der Waals surface area contributed by atoms with Crippen LogP contribution in [0.4, 0.5) is 5.69 Å². The highest BCUT2D eigenvalue weighted by Gasteiger charge is 2.14. The lowest BCUT2D eigenvalue weighted by Crippen LogP contribution is -2.21. The van der Waals surface area contributed by atoms with Gasteiger partial charge in [0.05, 0.1) is 12.0 Å². The summed E-state index contributed by atoms with van der Waals surface area (Å²) in [5.74, 6) is 0.121. The van der Waals surface area contributed by atoms with Crippen LogP contribution in [0, 0.1) is 13.8 Å². The predicted molar refractivity (Wildman–Crippen MR) is 91.0 cm³/mol. The number of para-hydroxylation sites is 1. The fourth-order valence-corrected chi connectivity index (χ4v) is 2.49. The fraction of sp³-hybridized carbons (Fsp3) is 0.278. The molecule has 0 aliphatic carbocycles. The van der Waals surface area contributed by atoms with Gasteiger partial charge in [0, 0.05) is 23.4 Å². The van der Waals surface area contributed by atoms with Gasteiger partial charge in [-0.05, 0) is 38.1 Å². The van der Waals surface area contributed by atoms with Gasteiger partial charge in [0.1, 0.15) is 0 Å². The molecule has 1 atom stereocenters. The average molecular weight is 318 g/mol. The maximum Gasteiger partial charge on any atom is 0.195 e. The van der Waals surface area contributed by atoms with Crippen LogP contribution in [0.5, 0.6) is 0 Å². The molecule has 2 N–H and O–H groups in total. The molecule has 0 spiro atoms. The Morgan fingerprint density at radius 3 is 2.45 bits per heavy atom. The molecule has 0 saturated heterocycles. The second-order valence-corrected chi connectivity index (χ2v) is 5.75. The number of carbonyl (C=O) groups excluding carboxylic acids is 1. The maximum atomic E-state index is 12.8. The number of alkyl halides is 1. The van der Waals surface area contributed by atoms with Crippen molar-refractivity contribution in [3.63, 3.8) is 0 Å². The van der Waals surface area contributed by atoms with E-state index in [0.717, 1.165) is 11.1 Å². The lowest BCUT2D eigenvalue weighted by molar-refractivity contribution is 0.103. The molecule has 0 heterocycles. The van der Waals surface area contributed by atoms with Gasteiger partial charge in [-0.1, -0.05) is 29.3 Å².